The number of ether oxygens (including phenoxy) is 1. The molecule has 0 spiro atoms. The van der Waals surface area contributed by atoms with Gasteiger partial charge < -0.3 is 10.1 Å². The van der Waals surface area contributed by atoms with Crippen molar-refractivity contribution in [3.8, 4) is 17.0 Å². The quantitative estimate of drug-likeness (QED) is 0.520. The number of fused-ring (bicyclic) bond motifs is 1. The van der Waals surface area contributed by atoms with Crippen molar-refractivity contribution in [1.82, 2.24) is 9.38 Å². The first kappa shape index (κ1) is 18.3. The summed E-state index contributed by atoms with van der Waals surface area (Å²) in [5, 5.41) is 4.90. The number of carbonyl (C=O) groups excluding carboxylic acids is 1. The van der Waals surface area contributed by atoms with E-state index >= 15 is 0 Å². The highest BCUT2D eigenvalue weighted by Gasteiger charge is 2.10. The number of benzene rings is 2. The van der Waals surface area contributed by atoms with E-state index in [0.29, 0.717) is 0 Å². The SMILES string of the molecule is Cc1cc(C)c(C)c(OCC(=O)Nc2cccc(-c3cn4ccsc4n3)c2)c1. The van der Waals surface area contributed by atoms with E-state index in [1.165, 1.54) is 0 Å². The van der Waals surface area contributed by atoms with Gasteiger partial charge in [0.05, 0.1) is 5.69 Å². The summed E-state index contributed by atoms with van der Waals surface area (Å²) in [5.41, 5.74) is 5.89. The Morgan fingerprint density at radius 2 is 2.07 bits per heavy atom. The molecule has 0 fully saturated rings. The number of nitrogens with zero attached hydrogens (tertiary/aromatic N) is 2. The van der Waals surface area contributed by atoms with Crippen molar-refractivity contribution < 1.29 is 9.53 Å². The molecule has 0 saturated heterocycles. The maximum Gasteiger partial charge on any atom is 0.262 e. The monoisotopic (exact) mass is 391 g/mol. The standard InChI is InChI=1S/C22H21N3O2S/c1-14-9-15(2)16(3)20(10-14)27-13-21(26)23-18-6-4-5-17(11-18)19-12-25-7-8-28-22(25)24-19/h4-12H,13H2,1-3H3,(H,23,26). The Labute approximate surface area is 167 Å². The summed E-state index contributed by atoms with van der Waals surface area (Å²) in [6.07, 6.45) is 3.97. The fourth-order valence-corrected chi connectivity index (χ4v) is 3.81. The molecule has 28 heavy (non-hydrogen) atoms. The Morgan fingerprint density at radius 1 is 1.21 bits per heavy atom. The van der Waals surface area contributed by atoms with E-state index in [4.69, 9.17) is 4.74 Å². The number of anilines is 1. The van der Waals surface area contributed by atoms with Crippen molar-refractivity contribution in [2.45, 2.75) is 20.8 Å². The molecule has 142 valence electrons. The van der Waals surface area contributed by atoms with Crippen molar-refractivity contribution in [2.75, 3.05) is 11.9 Å². The zero-order chi connectivity index (χ0) is 19.7. The topological polar surface area (TPSA) is 55.6 Å². The number of amides is 1. The lowest BCUT2D eigenvalue weighted by Gasteiger charge is -2.12. The van der Waals surface area contributed by atoms with Gasteiger partial charge in [-0.05, 0) is 55.7 Å². The normalized spacial score (nSPS) is 11.0. The van der Waals surface area contributed by atoms with E-state index in [1.54, 1.807) is 11.3 Å². The number of aromatic nitrogens is 2. The minimum atomic E-state index is -0.193. The average Bonchev–Trinajstić information content (AvgIpc) is 3.26. The molecular weight excluding hydrogens is 370 g/mol. The molecule has 0 atom stereocenters. The Kier molecular flexibility index (Phi) is 4.88. The molecule has 2 aromatic carbocycles. The van der Waals surface area contributed by atoms with Crippen LogP contribution in [0.3, 0.4) is 0 Å². The molecular formula is C22H21N3O2S. The van der Waals surface area contributed by atoms with Gasteiger partial charge in [0.2, 0.25) is 0 Å². The lowest BCUT2D eigenvalue weighted by molar-refractivity contribution is -0.118. The summed E-state index contributed by atoms with van der Waals surface area (Å²) >= 11 is 1.59. The van der Waals surface area contributed by atoms with Crippen LogP contribution in [-0.2, 0) is 4.79 Å². The van der Waals surface area contributed by atoms with Crippen LogP contribution in [0.5, 0.6) is 5.75 Å². The van der Waals surface area contributed by atoms with Crippen LogP contribution in [0.15, 0.2) is 54.2 Å². The summed E-state index contributed by atoms with van der Waals surface area (Å²) in [7, 11) is 0. The van der Waals surface area contributed by atoms with Gasteiger partial charge in [-0.15, -0.1) is 11.3 Å². The van der Waals surface area contributed by atoms with Crippen LogP contribution in [-0.4, -0.2) is 21.9 Å². The largest absolute Gasteiger partial charge is 0.483 e. The van der Waals surface area contributed by atoms with Gasteiger partial charge in [0.25, 0.3) is 5.91 Å². The maximum absolute atomic E-state index is 12.4. The molecule has 6 heteroatoms. The highest BCUT2D eigenvalue weighted by Crippen LogP contribution is 2.25. The smallest absolute Gasteiger partial charge is 0.262 e. The minimum absolute atomic E-state index is 0.0336. The first-order valence-corrected chi connectivity index (χ1v) is 9.91. The van der Waals surface area contributed by atoms with Crippen LogP contribution >= 0.6 is 11.3 Å². The van der Waals surface area contributed by atoms with E-state index in [-0.39, 0.29) is 12.5 Å². The Hall–Kier alpha value is -3.12. The van der Waals surface area contributed by atoms with Crippen LogP contribution < -0.4 is 10.1 Å². The summed E-state index contributed by atoms with van der Waals surface area (Å²) in [6, 6.07) is 11.7. The van der Waals surface area contributed by atoms with Gasteiger partial charge in [-0.3, -0.25) is 9.20 Å². The number of hydrogen-bond acceptors (Lipinski definition) is 4. The summed E-state index contributed by atoms with van der Waals surface area (Å²) in [4.78, 5) is 17.9. The third-order valence-corrected chi connectivity index (χ3v) is 5.43. The number of imidazole rings is 1. The molecule has 1 amide bonds. The number of thiazole rings is 1. The molecule has 5 nitrogen and oxygen atoms in total. The van der Waals surface area contributed by atoms with Gasteiger partial charge in [-0.1, -0.05) is 18.2 Å². The highest BCUT2D eigenvalue weighted by molar-refractivity contribution is 7.15. The van der Waals surface area contributed by atoms with Gasteiger partial charge >= 0.3 is 0 Å². The molecule has 0 aliphatic carbocycles. The molecule has 1 N–H and O–H groups in total. The van der Waals surface area contributed by atoms with Gasteiger partial charge in [-0.25, -0.2) is 4.98 Å². The number of carbonyl (C=O) groups is 1. The predicted molar refractivity (Wildman–Crippen MR) is 113 cm³/mol. The van der Waals surface area contributed by atoms with Gasteiger partial charge in [-0.2, -0.15) is 0 Å². The van der Waals surface area contributed by atoms with E-state index in [2.05, 4.69) is 16.4 Å². The molecule has 0 aliphatic heterocycles. The molecule has 0 unspecified atom stereocenters. The van der Waals surface area contributed by atoms with Gasteiger partial charge in [0, 0.05) is 29.0 Å². The third kappa shape index (κ3) is 3.77. The molecule has 2 aromatic heterocycles. The Morgan fingerprint density at radius 3 is 2.89 bits per heavy atom. The van der Waals surface area contributed by atoms with Crippen LogP contribution in [0.2, 0.25) is 0 Å². The van der Waals surface area contributed by atoms with E-state index < -0.39 is 0 Å². The number of rotatable bonds is 5. The predicted octanol–water partition coefficient (Wildman–Crippen LogP) is 5.01. The fraction of sp³-hybridized carbons (Fsp3) is 0.182. The molecule has 0 saturated carbocycles. The van der Waals surface area contributed by atoms with Crippen LogP contribution in [0.25, 0.3) is 16.2 Å². The molecule has 0 radical (unpaired) electrons. The molecule has 0 aliphatic rings. The second-order valence-electron chi connectivity index (χ2n) is 6.84. The van der Waals surface area contributed by atoms with Crippen molar-refractivity contribution in [3.05, 3.63) is 70.9 Å². The van der Waals surface area contributed by atoms with Crippen molar-refractivity contribution in [2.24, 2.45) is 0 Å². The fourth-order valence-electron chi connectivity index (χ4n) is 3.11. The second-order valence-corrected chi connectivity index (χ2v) is 7.71. The maximum atomic E-state index is 12.4. The first-order valence-electron chi connectivity index (χ1n) is 9.03. The van der Waals surface area contributed by atoms with E-state index in [9.17, 15) is 4.79 Å². The minimum Gasteiger partial charge on any atom is -0.483 e. The van der Waals surface area contributed by atoms with Gasteiger partial charge in [0.1, 0.15) is 5.75 Å². The second kappa shape index (κ2) is 7.48. The van der Waals surface area contributed by atoms with Crippen LogP contribution in [0.4, 0.5) is 5.69 Å². The Bertz CT molecular complexity index is 1130. The zero-order valence-electron chi connectivity index (χ0n) is 16.0. The first-order chi connectivity index (χ1) is 13.5. The van der Waals surface area contributed by atoms with Crippen molar-refractivity contribution >= 4 is 27.9 Å². The number of hydrogen-bond donors (Lipinski definition) is 1. The summed E-state index contributed by atoms with van der Waals surface area (Å²) < 4.78 is 7.74. The van der Waals surface area contributed by atoms with Gasteiger partial charge in [0.15, 0.2) is 11.6 Å². The number of aryl methyl sites for hydroxylation is 2. The molecule has 4 rings (SSSR count). The molecule has 2 heterocycles. The van der Waals surface area contributed by atoms with Crippen LogP contribution in [0.1, 0.15) is 16.7 Å². The lowest BCUT2D eigenvalue weighted by Crippen LogP contribution is -2.20. The summed E-state index contributed by atoms with van der Waals surface area (Å²) in [5.74, 6) is 0.556. The zero-order valence-corrected chi connectivity index (χ0v) is 16.8. The molecule has 0 bridgehead atoms. The van der Waals surface area contributed by atoms with E-state index in [0.717, 1.165) is 44.3 Å². The third-order valence-electron chi connectivity index (χ3n) is 4.66. The lowest BCUT2D eigenvalue weighted by atomic mass is 10.1. The van der Waals surface area contributed by atoms with Crippen molar-refractivity contribution in [3.63, 3.8) is 0 Å². The van der Waals surface area contributed by atoms with E-state index in [1.807, 2.05) is 73.3 Å². The van der Waals surface area contributed by atoms with Crippen LogP contribution in [0, 0.1) is 20.8 Å². The Balaban J connectivity index is 1.44. The number of nitrogens with one attached hydrogen (secondary N) is 1. The molecule has 4 aromatic rings. The highest BCUT2D eigenvalue weighted by atomic mass is 32.1. The average molecular weight is 391 g/mol. The van der Waals surface area contributed by atoms with Crippen molar-refractivity contribution in [1.29, 1.82) is 0 Å². The summed E-state index contributed by atoms with van der Waals surface area (Å²) in [6.45, 7) is 6.03.